The van der Waals surface area contributed by atoms with Crippen LogP contribution in [0.3, 0.4) is 0 Å². The van der Waals surface area contributed by atoms with Crippen molar-refractivity contribution in [2.24, 2.45) is 0 Å². The molecular formula is C19H25N3O5S. The second-order valence-electron chi connectivity index (χ2n) is 5.82. The minimum absolute atomic E-state index is 0.206. The highest BCUT2D eigenvalue weighted by Crippen LogP contribution is 2.29. The summed E-state index contributed by atoms with van der Waals surface area (Å²) in [4.78, 5) is 23.6. The molecule has 2 atom stereocenters. The van der Waals surface area contributed by atoms with Crippen LogP contribution in [0.1, 0.15) is 24.9 Å². The average molecular weight is 407 g/mol. The lowest BCUT2D eigenvalue weighted by molar-refractivity contribution is -0.139. The number of hydrogen-bond acceptors (Lipinski definition) is 7. The van der Waals surface area contributed by atoms with E-state index in [1.54, 1.807) is 31.2 Å². The van der Waals surface area contributed by atoms with Gasteiger partial charge in [-0.05, 0) is 43.0 Å². The highest BCUT2D eigenvalue weighted by atomic mass is 32.2. The Bertz CT molecular complexity index is 760. The van der Waals surface area contributed by atoms with Crippen molar-refractivity contribution < 1.29 is 24.2 Å². The number of carboxylic acid groups (broad SMARTS) is 1. The van der Waals surface area contributed by atoms with Crippen LogP contribution in [0.25, 0.3) is 0 Å². The van der Waals surface area contributed by atoms with Gasteiger partial charge in [-0.1, -0.05) is 6.07 Å². The van der Waals surface area contributed by atoms with Gasteiger partial charge in [-0.3, -0.25) is 4.79 Å². The standard InChI is InChI=1S/C19H25N3O5S/c1-12(13-5-6-16(26-2)17(9-13)27-3)22-18(23)14(10-20)11-21-15(19(24)25)7-8-28-4/h5-6,9,11-12,15,21H,7-8H2,1-4H3,(H,22,23)(H,24,25)/b14-11-. The number of carbonyl (C=O) groups excluding carboxylic acids is 1. The number of aliphatic carboxylic acids is 1. The molecule has 1 amide bonds. The number of methoxy groups -OCH3 is 2. The molecule has 1 aromatic carbocycles. The lowest BCUT2D eigenvalue weighted by Crippen LogP contribution is -2.35. The van der Waals surface area contributed by atoms with Gasteiger partial charge in [0.15, 0.2) is 11.5 Å². The number of carbonyl (C=O) groups is 2. The van der Waals surface area contributed by atoms with Gasteiger partial charge in [0.1, 0.15) is 17.7 Å². The maximum atomic E-state index is 12.4. The molecule has 1 rings (SSSR count). The fourth-order valence-corrected chi connectivity index (χ4v) is 2.80. The predicted molar refractivity (Wildman–Crippen MR) is 107 cm³/mol. The van der Waals surface area contributed by atoms with E-state index in [1.807, 2.05) is 6.26 Å². The number of nitrogens with zero attached hydrogens (tertiary/aromatic N) is 1. The van der Waals surface area contributed by atoms with Gasteiger partial charge in [0.2, 0.25) is 0 Å². The van der Waals surface area contributed by atoms with Gasteiger partial charge in [0.05, 0.1) is 20.3 Å². The Balaban J connectivity index is 2.85. The number of nitriles is 1. The molecule has 0 heterocycles. The zero-order valence-electron chi connectivity index (χ0n) is 16.3. The summed E-state index contributed by atoms with van der Waals surface area (Å²) in [5, 5.41) is 23.8. The summed E-state index contributed by atoms with van der Waals surface area (Å²) < 4.78 is 10.4. The largest absolute Gasteiger partial charge is 0.493 e. The number of nitrogens with one attached hydrogen (secondary N) is 2. The second kappa shape index (κ2) is 11.8. The fourth-order valence-electron chi connectivity index (χ4n) is 2.33. The van der Waals surface area contributed by atoms with Gasteiger partial charge in [-0.15, -0.1) is 0 Å². The number of rotatable bonds is 11. The SMILES string of the molecule is COc1ccc(C(C)NC(=O)/C(C#N)=C\NC(CCSC)C(=O)O)cc1OC. The number of hydrogen-bond donors (Lipinski definition) is 3. The Hall–Kier alpha value is -2.86. The molecule has 8 nitrogen and oxygen atoms in total. The molecule has 0 saturated carbocycles. The summed E-state index contributed by atoms with van der Waals surface area (Å²) in [6.07, 6.45) is 3.39. The Morgan fingerprint density at radius 1 is 1.32 bits per heavy atom. The average Bonchev–Trinajstić information content (AvgIpc) is 2.69. The number of carboxylic acids is 1. The number of thioether (sulfide) groups is 1. The summed E-state index contributed by atoms with van der Waals surface area (Å²) in [5.74, 6) is 0.0869. The van der Waals surface area contributed by atoms with Crippen molar-refractivity contribution in [1.29, 1.82) is 5.26 Å². The highest BCUT2D eigenvalue weighted by Gasteiger charge is 2.18. The van der Waals surface area contributed by atoms with Crippen molar-refractivity contribution in [3.8, 4) is 17.6 Å². The molecule has 3 N–H and O–H groups in total. The van der Waals surface area contributed by atoms with Gasteiger partial charge < -0.3 is 25.2 Å². The predicted octanol–water partition coefficient (Wildman–Crippen LogP) is 2.08. The van der Waals surface area contributed by atoms with Crippen LogP contribution < -0.4 is 20.1 Å². The minimum Gasteiger partial charge on any atom is -0.493 e. The van der Waals surface area contributed by atoms with Gasteiger partial charge in [0, 0.05) is 6.20 Å². The first-order valence-corrected chi connectivity index (χ1v) is 9.88. The summed E-state index contributed by atoms with van der Waals surface area (Å²) in [6.45, 7) is 1.76. The van der Waals surface area contributed by atoms with E-state index in [1.165, 1.54) is 26.0 Å². The Kier molecular flexibility index (Phi) is 9.74. The van der Waals surface area contributed by atoms with Crippen molar-refractivity contribution in [3.63, 3.8) is 0 Å². The second-order valence-corrected chi connectivity index (χ2v) is 6.80. The highest BCUT2D eigenvalue weighted by molar-refractivity contribution is 7.98. The first kappa shape index (κ1) is 23.2. The quantitative estimate of drug-likeness (QED) is 0.377. The van der Waals surface area contributed by atoms with Crippen LogP contribution in [0.2, 0.25) is 0 Å². The molecule has 0 aliphatic carbocycles. The number of amides is 1. The number of benzene rings is 1. The summed E-state index contributed by atoms with van der Waals surface area (Å²) in [6, 6.07) is 5.76. The van der Waals surface area contributed by atoms with Crippen molar-refractivity contribution in [1.82, 2.24) is 10.6 Å². The zero-order chi connectivity index (χ0) is 21.1. The van der Waals surface area contributed by atoms with Crippen molar-refractivity contribution in [3.05, 3.63) is 35.5 Å². The van der Waals surface area contributed by atoms with E-state index >= 15 is 0 Å². The summed E-state index contributed by atoms with van der Waals surface area (Å²) in [7, 11) is 3.05. The lowest BCUT2D eigenvalue weighted by Gasteiger charge is -2.17. The molecule has 0 aliphatic rings. The summed E-state index contributed by atoms with van der Waals surface area (Å²) in [5.41, 5.74) is 0.558. The molecule has 0 aromatic heterocycles. The molecule has 0 radical (unpaired) electrons. The zero-order valence-corrected chi connectivity index (χ0v) is 17.1. The van der Waals surface area contributed by atoms with Crippen LogP contribution in [0.4, 0.5) is 0 Å². The van der Waals surface area contributed by atoms with E-state index in [0.717, 1.165) is 11.8 Å². The molecule has 0 spiro atoms. The molecule has 2 unspecified atom stereocenters. The first-order chi connectivity index (χ1) is 13.4. The van der Waals surface area contributed by atoms with Gasteiger partial charge in [-0.2, -0.15) is 17.0 Å². The molecule has 1 aromatic rings. The van der Waals surface area contributed by atoms with E-state index in [2.05, 4.69) is 10.6 Å². The Morgan fingerprint density at radius 2 is 2.00 bits per heavy atom. The van der Waals surface area contributed by atoms with E-state index in [0.29, 0.717) is 23.7 Å². The third-order valence-corrected chi connectivity index (χ3v) is 4.60. The van der Waals surface area contributed by atoms with Gasteiger partial charge in [0.25, 0.3) is 5.91 Å². The van der Waals surface area contributed by atoms with E-state index < -0.39 is 24.0 Å². The molecule has 0 saturated heterocycles. The molecule has 0 aliphatic heterocycles. The van der Waals surface area contributed by atoms with E-state index in [9.17, 15) is 20.0 Å². The van der Waals surface area contributed by atoms with Crippen LogP contribution in [-0.2, 0) is 9.59 Å². The number of ether oxygens (including phenoxy) is 2. The van der Waals surface area contributed by atoms with Crippen molar-refractivity contribution >= 4 is 23.6 Å². The van der Waals surface area contributed by atoms with Crippen LogP contribution in [0.15, 0.2) is 30.0 Å². The van der Waals surface area contributed by atoms with Gasteiger partial charge >= 0.3 is 5.97 Å². The maximum Gasteiger partial charge on any atom is 0.326 e. The van der Waals surface area contributed by atoms with Crippen LogP contribution in [0.5, 0.6) is 11.5 Å². The maximum absolute atomic E-state index is 12.4. The molecule has 28 heavy (non-hydrogen) atoms. The summed E-state index contributed by atoms with van der Waals surface area (Å²) >= 11 is 1.52. The monoisotopic (exact) mass is 407 g/mol. The van der Waals surface area contributed by atoms with Crippen LogP contribution in [-0.4, -0.2) is 49.3 Å². The van der Waals surface area contributed by atoms with E-state index in [4.69, 9.17) is 9.47 Å². The van der Waals surface area contributed by atoms with Gasteiger partial charge in [-0.25, -0.2) is 4.79 Å². The first-order valence-electron chi connectivity index (χ1n) is 8.48. The van der Waals surface area contributed by atoms with Crippen LogP contribution in [0, 0.1) is 11.3 Å². The topological polar surface area (TPSA) is 121 Å². The van der Waals surface area contributed by atoms with Crippen molar-refractivity contribution in [2.75, 3.05) is 26.2 Å². The Labute approximate surface area is 168 Å². The smallest absolute Gasteiger partial charge is 0.326 e. The minimum atomic E-state index is -1.04. The van der Waals surface area contributed by atoms with Crippen LogP contribution >= 0.6 is 11.8 Å². The molecule has 0 bridgehead atoms. The molecule has 152 valence electrons. The Morgan fingerprint density at radius 3 is 2.54 bits per heavy atom. The third kappa shape index (κ3) is 6.70. The molecular weight excluding hydrogens is 382 g/mol. The third-order valence-electron chi connectivity index (χ3n) is 3.96. The van der Waals surface area contributed by atoms with Crippen molar-refractivity contribution in [2.45, 2.75) is 25.4 Å². The lowest BCUT2D eigenvalue weighted by atomic mass is 10.1. The fraction of sp³-hybridized carbons (Fsp3) is 0.421. The van der Waals surface area contributed by atoms with E-state index in [-0.39, 0.29) is 5.57 Å². The molecule has 0 fully saturated rings. The molecule has 9 heteroatoms. The normalized spacial score (nSPS) is 13.0.